The highest BCUT2D eigenvalue weighted by Gasteiger charge is 2.44. The fourth-order valence-corrected chi connectivity index (χ4v) is 5.17. The largest absolute Gasteiger partial charge is 0.496 e. The summed E-state index contributed by atoms with van der Waals surface area (Å²) in [5.74, 6) is 1.59. The summed E-state index contributed by atoms with van der Waals surface area (Å²) >= 11 is 0. The van der Waals surface area contributed by atoms with Crippen molar-refractivity contribution < 1.29 is 14.1 Å². The van der Waals surface area contributed by atoms with Gasteiger partial charge in [0.1, 0.15) is 5.75 Å². The van der Waals surface area contributed by atoms with Crippen LogP contribution < -0.4 is 10.1 Å². The molecule has 2 aliphatic rings. The second kappa shape index (κ2) is 8.22. The third kappa shape index (κ3) is 3.62. The number of hydrogen-bond acceptors (Lipinski definition) is 4. The molecule has 2 saturated carbocycles. The summed E-state index contributed by atoms with van der Waals surface area (Å²) in [4.78, 5) is 13.4. The van der Waals surface area contributed by atoms with Gasteiger partial charge in [-0.2, -0.15) is 0 Å². The van der Waals surface area contributed by atoms with Crippen molar-refractivity contribution in [3.8, 4) is 17.1 Å². The average Bonchev–Trinajstić information content (AvgIpc) is 3.46. The van der Waals surface area contributed by atoms with E-state index in [-0.39, 0.29) is 23.3 Å². The van der Waals surface area contributed by atoms with Crippen molar-refractivity contribution >= 4 is 5.91 Å². The van der Waals surface area contributed by atoms with Gasteiger partial charge in [0.25, 0.3) is 0 Å². The van der Waals surface area contributed by atoms with E-state index in [0.717, 1.165) is 55.5 Å². The molecule has 0 saturated heterocycles. The minimum atomic E-state index is -0.210. The lowest BCUT2D eigenvalue weighted by Crippen LogP contribution is -2.52. The Morgan fingerprint density at radius 3 is 2.58 bits per heavy atom. The molecular formula is C26H28N2O3. The van der Waals surface area contributed by atoms with Crippen molar-refractivity contribution in [3.05, 3.63) is 71.9 Å². The van der Waals surface area contributed by atoms with E-state index in [2.05, 4.69) is 34.7 Å². The van der Waals surface area contributed by atoms with Crippen LogP contribution >= 0.6 is 0 Å². The number of hydrogen-bond donors (Lipinski definition) is 1. The first-order chi connectivity index (χ1) is 15.2. The number of para-hydroxylation sites is 1. The standard InChI is InChI=1S/C26H28N2O3/c1-30-23-14-6-5-11-21(23)24-17-22(28-31-24)19-12-7-13-20(19)25(29)27-26(15-8-16-26)18-9-3-2-4-10-18/h2-6,9-11,14,17,19-20H,7-8,12-13,15-16H2,1H3,(H,27,29)/t19-,20-/m1/s1. The van der Waals surface area contributed by atoms with Gasteiger partial charge >= 0.3 is 0 Å². The van der Waals surface area contributed by atoms with E-state index < -0.39 is 0 Å². The number of aromatic nitrogens is 1. The number of rotatable bonds is 6. The third-order valence-corrected chi connectivity index (χ3v) is 7.03. The maximum atomic E-state index is 13.4. The van der Waals surface area contributed by atoms with Crippen LogP contribution in [0.5, 0.6) is 5.75 Å². The lowest BCUT2D eigenvalue weighted by molar-refractivity contribution is -0.128. The van der Waals surface area contributed by atoms with E-state index in [9.17, 15) is 4.79 Å². The molecule has 2 atom stereocenters. The molecule has 2 fully saturated rings. The Morgan fingerprint density at radius 2 is 1.84 bits per heavy atom. The van der Waals surface area contributed by atoms with Gasteiger partial charge in [-0.15, -0.1) is 0 Å². The van der Waals surface area contributed by atoms with Gasteiger partial charge in [0.05, 0.1) is 23.9 Å². The number of carbonyl (C=O) groups is 1. The molecule has 1 heterocycles. The molecule has 31 heavy (non-hydrogen) atoms. The SMILES string of the molecule is COc1ccccc1-c1cc([C@@H]2CCC[C@H]2C(=O)NC2(c3ccccc3)CCC2)no1. The van der Waals surface area contributed by atoms with Gasteiger partial charge in [-0.05, 0) is 49.8 Å². The topological polar surface area (TPSA) is 64.4 Å². The molecule has 0 aliphatic heterocycles. The first kappa shape index (κ1) is 19.9. The second-order valence-electron chi connectivity index (χ2n) is 8.75. The van der Waals surface area contributed by atoms with Crippen molar-refractivity contribution in [1.29, 1.82) is 0 Å². The van der Waals surface area contributed by atoms with Gasteiger partial charge in [0, 0.05) is 17.9 Å². The number of amides is 1. The van der Waals surface area contributed by atoms with Crippen LogP contribution in [0.25, 0.3) is 11.3 Å². The molecule has 3 aromatic rings. The van der Waals surface area contributed by atoms with E-state index in [1.54, 1.807) is 7.11 Å². The lowest BCUT2D eigenvalue weighted by Gasteiger charge is -2.44. The van der Waals surface area contributed by atoms with Crippen molar-refractivity contribution in [2.75, 3.05) is 7.11 Å². The Balaban J connectivity index is 1.36. The van der Waals surface area contributed by atoms with Crippen LogP contribution in [0.3, 0.4) is 0 Å². The van der Waals surface area contributed by atoms with Gasteiger partial charge in [-0.25, -0.2) is 0 Å². The molecule has 0 radical (unpaired) electrons. The van der Waals surface area contributed by atoms with E-state index in [4.69, 9.17) is 9.26 Å². The summed E-state index contributed by atoms with van der Waals surface area (Å²) in [5, 5.41) is 7.79. The first-order valence-electron chi connectivity index (χ1n) is 11.2. The van der Waals surface area contributed by atoms with E-state index in [1.807, 2.05) is 36.4 Å². The Kier molecular flexibility index (Phi) is 5.26. The summed E-state index contributed by atoms with van der Waals surface area (Å²) in [5.41, 5.74) is 2.74. The molecule has 1 amide bonds. The third-order valence-electron chi connectivity index (χ3n) is 7.03. The van der Waals surface area contributed by atoms with Gasteiger partial charge < -0.3 is 14.6 Å². The molecule has 2 aromatic carbocycles. The summed E-state index contributed by atoms with van der Waals surface area (Å²) < 4.78 is 11.1. The van der Waals surface area contributed by atoms with Crippen LogP contribution in [0.15, 0.2) is 65.2 Å². The van der Waals surface area contributed by atoms with Crippen molar-refractivity contribution in [3.63, 3.8) is 0 Å². The van der Waals surface area contributed by atoms with Crippen LogP contribution in [0.1, 0.15) is 55.7 Å². The van der Waals surface area contributed by atoms with Crippen LogP contribution in [0.4, 0.5) is 0 Å². The summed E-state index contributed by atoms with van der Waals surface area (Å²) in [7, 11) is 1.65. The van der Waals surface area contributed by atoms with Gasteiger partial charge in [0.2, 0.25) is 5.91 Å². The molecule has 5 nitrogen and oxygen atoms in total. The monoisotopic (exact) mass is 416 g/mol. The average molecular weight is 417 g/mol. The quantitative estimate of drug-likeness (QED) is 0.582. The lowest BCUT2D eigenvalue weighted by atomic mass is 9.71. The molecule has 5 heteroatoms. The summed E-state index contributed by atoms with van der Waals surface area (Å²) in [6, 6.07) is 20.1. The van der Waals surface area contributed by atoms with Gasteiger partial charge in [-0.1, -0.05) is 54.0 Å². The number of benzene rings is 2. The van der Waals surface area contributed by atoms with Crippen LogP contribution in [0.2, 0.25) is 0 Å². The zero-order valence-corrected chi connectivity index (χ0v) is 17.8. The summed E-state index contributed by atoms with van der Waals surface area (Å²) in [6.45, 7) is 0. The van der Waals surface area contributed by atoms with Crippen LogP contribution in [-0.2, 0) is 10.3 Å². The maximum Gasteiger partial charge on any atom is 0.224 e. The van der Waals surface area contributed by atoms with E-state index in [1.165, 1.54) is 5.56 Å². The highest BCUT2D eigenvalue weighted by Crippen LogP contribution is 2.45. The Morgan fingerprint density at radius 1 is 1.06 bits per heavy atom. The Hall–Kier alpha value is -3.08. The predicted molar refractivity (Wildman–Crippen MR) is 119 cm³/mol. The van der Waals surface area contributed by atoms with Gasteiger partial charge in [-0.3, -0.25) is 4.79 Å². The van der Waals surface area contributed by atoms with Crippen molar-refractivity contribution in [1.82, 2.24) is 10.5 Å². The zero-order chi connectivity index (χ0) is 21.3. The Labute approximate surface area is 182 Å². The number of nitrogens with one attached hydrogen (secondary N) is 1. The molecule has 5 rings (SSSR count). The molecule has 0 spiro atoms. The first-order valence-corrected chi connectivity index (χ1v) is 11.2. The minimum absolute atomic E-state index is 0.0724. The minimum Gasteiger partial charge on any atom is -0.496 e. The molecule has 1 N–H and O–H groups in total. The fraction of sp³-hybridized carbons (Fsp3) is 0.385. The highest BCUT2D eigenvalue weighted by molar-refractivity contribution is 5.81. The zero-order valence-electron chi connectivity index (χ0n) is 17.8. The number of nitrogens with zero attached hydrogens (tertiary/aromatic N) is 1. The molecule has 2 aliphatic carbocycles. The second-order valence-corrected chi connectivity index (χ2v) is 8.75. The van der Waals surface area contributed by atoms with E-state index >= 15 is 0 Å². The molecule has 1 aromatic heterocycles. The fourth-order valence-electron chi connectivity index (χ4n) is 5.17. The van der Waals surface area contributed by atoms with Gasteiger partial charge in [0.15, 0.2) is 5.76 Å². The number of methoxy groups -OCH3 is 1. The van der Waals surface area contributed by atoms with Crippen LogP contribution in [0, 0.1) is 5.92 Å². The molecular weight excluding hydrogens is 388 g/mol. The Bertz CT molecular complexity index is 1060. The predicted octanol–water partition coefficient (Wildman–Crippen LogP) is 5.43. The number of carbonyl (C=O) groups excluding carboxylic acids is 1. The molecule has 0 bridgehead atoms. The normalized spacial score (nSPS) is 22.0. The molecule has 160 valence electrons. The van der Waals surface area contributed by atoms with Crippen LogP contribution in [-0.4, -0.2) is 18.2 Å². The van der Waals surface area contributed by atoms with Crippen molar-refractivity contribution in [2.24, 2.45) is 5.92 Å². The highest BCUT2D eigenvalue weighted by atomic mass is 16.5. The van der Waals surface area contributed by atoms with E-state index in [0.29, 0.717) is 5.76 Å². The smallest absolute Gasteiger partial charge is 0.224 e. The number of ether oxygens (including phenoxy) is 1. The molecule has 0 unspecified atom stereocenters. The van der Waals surface area contributed by atoms with Crippen molar-refractivity contribution in [2.45, 2.75) is 50.0 Å². The summed E-state index contributed by atoms with van der Waals surface area (Å²) in [6.07, 6.45) is 6.02. The maximum absolute atomic E-state index is 13.4.